The van der Waals surface area contributed by atoms with Crippen molar-refractivity contribution in [3.05, 3.63) is 24.0 Å². The number of aliphatic hydroxyl groups is 1. The van der Waals surface area contributed by atoms with Crippen molar-refractivity contribution in [2.45, 2.75) is 83.8 Å². The molecule has 1 aromatic carbocycles. The van der Waals surface area contributed by atoms with Crippen molar-refractivity contribution in [1.29, 1.82) is 0 Å². The number of Topliss-reactive ketones (excluding diaryl/α,β-unsaturated/α-hetero) is 1. The number of hydrogen-bond donors (Lipinski definition) is 1. The molecule has 8 atom stereocenters. The molecule has 1 N–H and O–H groups in total. The Balaban J connectivity index is 1.14. The minimum atomic E-state index is -0.644. The molecule has 196 valence electrons. The number of nitrogens with zero attached hydrogens (tertiary/aromatic N) is 3. The quantitative estimate of drug-likeness (QED) is 0.595. The summed E-state index contributed by atoms with van der Waals surface area (Å²) in [5, 5.41) is 19.9. The second-order valence-electron chi connectivity index (χ2n) is 12.5. The number of benzene rings is 1. The molecule has 4 fully saturated rings. The molecule has 4 aliphatic rings. The van der Waals surface area contributed by atoms with Gasteiger partial charge in [-0.3, -0.25) is 4.79 Å². The van der Waals surface area contributed by atoms with Gasteiger partial charge in [-0.2, -0.15) is 15.0 Å². The van der Waals surface area contributed by atoms with Crippen LogP contribution in [0.4, 0.5) is 4.39 Å². The molecule has 0 amide bonds. The monoisotopic (exact) mass is 497 g/mol. The van der Waals surface area contributed by atoms with E-state index in [1.807, 2.05) is 6.92 Å². The number of ketones is 1. The molecule has 1 heterocycles. The second kappa shape index (κ2) is 9.16. The summed E-state index contributed by atoms with van der Waals surface area (Å²) in [6, 6.07) is 4.37. The number of aromatic nitrogens is 3. The van der Waals surface area contributed by atoms with Gasteiger partial charge < -0.3 is 9.84 Å². The maximum Gasteiger partial charge on any atom is 0.159 e. The van der Waals surface area contributed by atoms with Crippen molar-refractivity contribution in [2.75, 3.05) is 13.2 Å². The van der Waals surface area contributed by atoms with Gasteiger partial charge >= 0.3 is 0 Å². The van der Waals surface area contributed by atoms with Gasteiger partial charge in [0, 0.05) is 18.6 Å². The van der Waals surface area contributed by atoms with Crippen LogP contribution in [0.3, 0.4) is 0 Å². The van der Waals surface area contributed by atoms with Gasteiger partial charge in [0.05, 0.1) is 12.2 Å². The fourth-order valence-electron chi connectivity index (χ4n) is 9.17. The lowest BCUT2D eigenvalue weighted by Gasteiger charge is -2.57. The summed E-state index contributed by atoms with van der Waals surface area (Å²) in [6.45, 7) is 5.67. The smallest absolute Gasteiger partial charge is 0.159 e. The maximum absolute atomic E-state index is 13.6. The zero-order valence-corrected chi connectivity index (χ0v) is 21.7. The van der Waals surface area contributed by atoms with Crippen LogP contribution in [0.25, 0.3) is 11.0 Å². The molecule has 0 aliphatic heterocycles. The molecule has 4 saturated carbocycles. The molecule has 4 aliphatic carbocycles. The second-order valence-corrected chi connectivity index (χ2v) is 12.5. The van der Waals surface area contributed by atoms with E-state index in [-0.39, 0.29) is 29.5 Å². The van der Waals surface area contributed by atoms with Gasteiger partial charge in [0.25, 0.3) is 0 Å². The highest BCUT2D eigenvalue weighted by molar-refractivity contribution is 5.82. The Labute approximate surface area is 213 Å². The predicted molar refractivity (Wildman–Crippen MR) is 135 cm³/mol. The van der Waals surface area contributed by atoms with Crippen LogP contribution in [0, 0.1) is 46.7 Å². The lowest BCUT2D eigenvalue weighted by molar-refractivity contribution is -0.138. The minimum absolute atomic E-state index is 0.0497. The summed E-state index contributed by atoms with van der Waals surface area (Å²) in [4.78, 5) is 15.0. The first-order chi connectivity index (χ1) is 17.3. The molecule has 0 spiro atoms. The molecular weight excluding hydrogens is 457 g/mol. The summed E-state index contributed by atoms with van der Waals surface area (Å²) in [6.07, 6.45) is 9.70. The van der Waals surface area contributed by atoms with E-state index in [1.54, 1.807) is 6.07 Å². The first kappa shape index (κ1) is 24.5. The Morgan fingerprint density at radius 1 is 1.08 bits per heavy atom. The zero-order chi connectivity index (χ0) is 25.1. The number of hydrogen-bond acceptors (Lipinski definition) is 5. The van der Waals surface area contributed by atoms with Gasteiger partial charge in [-0.25, -0.2) is 4.39 Å². The van der Waals surface area contributed by atoms with Crippen LogP contribution >= 0.6 is 0 Å². The number of halogens is 1. The Kier molecular flexibility index (Phi) is 6.23. The van der Waals surface area contributed by atoms with Gasteiger partial charge in [0.2, 0.25) is 0 Å². The molecule has 2 aromatic rings. The van der Waals surface area contributed by atoms with Gasteiger partial charge in [0.15, 0.2) is 5.78 Å². The van der Waals surface area contributed by atoms with Crippen LogP contribution in [0.15, 0.2) is 18.2 Å². The van der Waals surface area contributed by atoms with E-state index in [1.165, 1.54) is 36.2 Å². The number of rotatable bonds is 6. The number of carbonyl (C=O) groups excluding carboxylic acids is 1. The molecule has 6 nitrogen and oxygen atoms in total. The Morgan fingerprint density at radius 3 is 2.72 bits per heavy atom. The van der Waals surface area contributed by atoms with Gasteiger partial charge in [-0.15, -0.1) is 0 Å². The third kappa shape index (κ3) is 4.10. The highest BCUT2D eigenvalue weighted by Crippen LogP contribution is 2.64. The third-order valence-corrected chi connectivity index (χ3v) is 10.7. The van der Waals surface area contributed by atoms with Crippen LogP contribution in [0.2, 0.25) is 0 Å². The van der Waals surface area contributed by atoms with Gasteiger partial charge in [0.1, 0.15) is 23.4 Å². The predicted octanol–water partition coefficient (Wildman–Crippen LogP) is 5.18. The fourth-order valence-corrected chi connectivity index (χ4v) is 9.17. The van der Waals surface area contributed by atoms with Crippen LogP contribution < -0.4 is 0 Å². The van der Waals surface area contributed by atoms with Gasteiger partial charge in [-0.1, -0.05) is 6.92 Å². The average molecular weight is 498 g/mol. The van der Waals surface area contributed by atoms with Crippen molar-refractivity contribution >= 4 is 16.8 Å². The summed E-state index contributed by atoms with van der Waals surface area (Å²) < 4.78 is 19.2. The third-order valence-electron chi connectivity index (χ3n) is 10.7. The maximum atomic E-state index is 13.6. The van der Waals surface area contributed by atoms with E-state index in [4.69, 9.17) is 4.74 Å². The zero-order valence-electron chi connectivity index (χ0n) is 21.7. The minimum Gasteiger partial charge on any atom is -0.387 e. The van der Waals surface area contributed by atoms with E-state index in [9.17, 15) is 14.3 Å². The normalized spacial score (nSPS) is 40.0. The summed E-state index contributed by atoms with van der Waals surface area (Å²) >= 11 is 0. The number of fused-ring (bicyclic) bond motifs is 6. The van der Waals surface area contributed by atoms with E-state index >= 15 is 0 Å². The summed E-state index contributed by atoms with van der Waals surface area (Å²) in [5.74, 6) is 3.31. The summed E-state index contributed by atoms with van der Waals surface area (Å²) in [5.41, 5.74) is 0.525. The molecule has 7 heteroatoms. The van der Waals surface area contributed by atoms with Crippen molar-refractivity contribution in [2.24, 2.45) is 40.9 Å². The van der Waals surface area contributed by atoms with Crippen molar-refractivity contribution in [3.8, 4) is 0 Å². The number of ether oxygens (including phenoxy) is 1. The summed E-state index contributed by atoms with van der Waals surface area (Å²) in [7, 11) is 0. The topological polar surface area (TPSA) is 77.2 Å². The highest BCUT2D eigenvalue weighted by atomic mass is 19.1. The lowest BCUT2D eigenvalue weighted by atomic mass is 9.49. The van der Waals surface area contributed by atoms with E-state index < -0.39 is 5.60 Å². The fraction of sp³-hybridized carbons (Fsp3) is 0.759. The van der Waals surface area contributed by atoms with Gasteiger partial charge in [-0.05, 0) is 112 Å². The van der Waals surface area contributed by atoms with E-state index in [2.05, 4.69) is 17.1 Å². The Bertz CT molecular complexity index is 1140. The van der Waals surface area contributed by atoms with E-state index in [0.717, 1.165) is 44.4 Å². The van der Waals surface area contributed by atoms with Crippen LogP contribution in [0.5, 0.6) is 0 Å². The SMILES string of the molecule is CCOCC1(O)CCC2C(CCC3C2CCC2(C)C(C(=O)Cn4nc5ccc(F)cc5n4)CCC32)C1. The number of carbonyl (C=O) groups is 1. The molecule has 1 aromatic heterocycles. The standard InChI is InChI=1S/C29H40FN3O3/c1-3-36-17-29(35)13-11-20-18(15-29)4-6-22-21(20)10-12-28(2)23(22)7-8-24(28)27(34)16-33-31-25-9-5-19(30)14-26(25)32-33/h5,9,14,18,20-24,35H,3-4,6-8,10-13,15-17H2,1-2H3. The van der Waals surface area contributed by atoms with Crippen LogP contribution in [0.1, 0.15) is 71.6 Å². The van der Waals surface area contributed by atoms with Crippen LogP contribution in [-0.2, 0) is 16.1 Å². The molecule has 6 rings (SSSR count). The molecule has 0 saturated heterocycles. The molecule has 36 heavy (non-hydrogen) atoms. The van der Waals surface area contributed by atoms with E-state index in [0.29, 0.717) is 47.9 Å². The largest absolute Gasteiger partial charge is 0.387 e. The van der Waals surface area contributed by atoms with Crippen LogP contribution in [-0.4, -0.2) is 44.7 Å². The average Bonchev–Trinajstić information content (AvgIpc) is 3.41. The lowest BCUT2D eigenvalue weighted by Crippen LogP contribution is -2.52. The Morgan fingerprint density at radius 2 is 1.89 bits per heavy atom. The van der Waals surface area contributed by atoms with Crippen molar-refractivity contribution in [1.82, 2.24) is 15.0 Å². The molecule has 0 bridgehead atoms. The van der Waals surface area contributed by atoms with Crippen molar-refractivity contribution < 1.29 is 19.0 Å². The highest BCUT2D eigenvalue weighted by Gasteiger charge is 2.59. The van der Waals surface area contributed by atoms with Crippen molar-refractivity contribution in [3.63, 3.8) is 0 Å². The first-order valence-corrected chi connectivity index (χ1v) is 14.1. The first-order valence-electron chi connectivity index (χ1n) is 14.1. The molecule has 0 radical (unpaired) electrons. The Hall–Kier alpha value is -1.86. The molecular formula is C29H40FN3O3. The molecule has 8 unspecified atom stereocenters.